The van der Waals surface area contributed by atoms with Gasteiger partial charge in [-0.1, -0.05) is 33.8 Å². The van der Waals surface area contributed by atoms with Crippen LogP contribution in [0.3, 0.4) is 0 Å². The fraction of sp³-hybridized carbons (Fsp3) is 0.458. The molecule has 0 aliphatic carbocycles. The molecule has 5 nitrogen and oxygen atoms in total. The van der Waals surface area contributed by atoms with E-state index in [0.717, 1.165) is 36.3 Å². The van der Waals surface area contributed by atoms with Gasteiger partial charge < -0.3 is 15.4 Å². The Bertz CT molecular complexity index is 914. The average Bonchev–Trinajstić information content (AvgIpc) is 2.68. The number of likely N-dealkylation sites (N-methyl/N-ethyl adjacent to an activating group) is 1. The maximum Gasteiger partial charge on any atom is 0.290 e. The summed E-state index contributed by atoms with van der Waals surface area (Å²) in [7, 11) is 2.13. The topological polar surface area (TPSA) is 63.7 Å². The average molecular weight is 427 g/mol. The van der Waals surface area contributed by atoms with E-state index in [-0.39, 0.29) is 10.6 Å². The number of benzene rings is 1. The van der Waals surface area contributed by atoms with Crippen LogP contribution >= 0.6 is 12.2 Å². The number of aryl methyl sites for hydroxylation is 2. The van der Waals surface area contributed by atoms with Gasteiger partial charge in [-0.3, -0.25) is 4.98 Å². The lowest BCUT2D eigenvalue weighted by molar-refractivity contribution is 0.357. The summed E-state index contributed by atoms with van der Waals surface area (Å²) < 4.78 is 5.83. The molecule has 1 heterocycles. The molecular formula is C24H34N4OS. The van der Waals surface area contributed by atoms with Gasteiger partial charge >= 0.3 is 0 Å². The van der Waals surface area contributed by atoms with Gasteiger partial charge in [0.15, 0.2) is 0 Å². The Labute approximate surface area is 186 Å². The van der Waals surface area contributed by atoms with Gasteiger partial charge in [0.25, 0.3) is 5.17 Å². The molecule has 0 spiro atoms. The molecule has 0 aliphatic heterocycles. The van der Waals surface area contributed by atoms with Crippen LogP contribution in [0.25, 0.3) is 0 Å². The quantitative estimate of drug-likeness (QED) is 0.417. The van der Waals surface area contributed by atoms with Crippen molar-refractivity contribution < 1.29 is 4.74 Å². The van der Waals surface area contributed by atoms with Crippen LogP contribution in [0, 0.1) is 13.8 Å². The summed E-state index contributed by atoms with van der Waals surface area (Å²) in [6.45, 7) is 14.7. The summed E-state index contributed by atoms with van der Waals surface area (Å²) >= 11 is 5.32. The molecule has 2 rings (SSSR count). The number of hydrogen-bond donors (Lipinski definition) is 1. The maximum absolute atomic E-state index is 6.12. The van der Waals surface area contributed by atoms with Crippen LogP contribution in [-0.2, 0) is 11.8 Å². The molecule has 6 heteroatoms. The number of pyridine rings is 1. The second-order valence-corrected chi connectivity index (χ2v) is 9.09. The zero-order valence-corrected chi connectivity index (χ0v) is 20.1. The molecule has 0 amide bonds. The van der Waals surface area contributed by atoms with E-state index in [4.69, 9.17) is 22.7 Å². The predicted octanol–water partition coefficient (Wildman–Crippen LogP) is 4.56. The van der Waals surface area contributed by atoms with Crippen molar-refractivity contribution in [3.8, 4) is 5.75 Å². The second kappa shape index (κ2) is 10.1. The monoisotopic (exact) mass is 426 g/mol. The highest BCUT2D eigenvalue weighted by Crippen LogP contribution is 2.24. The molecule has 2 N–H and O–H groups in total. The summed E-state index contributed by atoms with van der Waals surface area (Å²) in [5, 5.41) is 0.0911. The van der Waals surface area contributed by atoms with E-state index < -0.39 is 0 Å². The first-order valence-corrected chi connectivity index (χ1v) is 10.7. The van der Waals surface area contributed by atoms with Crippen LogP contribution in [-0.4, -0.2) is 41.0 Å². The van der Waals surface area contributed by atoms with E-state index in [0.29, 0.717) is 11.6 Å². The molecule has 2 aromatic rings. The predicted molar refractivity (Wildman–Crippen MR) is 130 cm³/mol. The standard InChI is InChI=1S/C24H34N4OS/c1-8-28(7)12-11-18-13-17(3)20(14-16(18)2)29-23(30)27-22(25)19-9-10-21(26-15-19)24(4,5)6/h9-10,13-15H,8,11-12H2,1-7H3,(H2,25,27,30). The Kier molecular flexibility index (Phi) is 8.10. The highest BCUT2D eigenvalue weighted by atomic mass is 32.1. The van der Waals surface area contributed by atoms with E-state index in [9.17, 15) is 0 Å². The first-order valence-electron chi connectivity index (χ1n) is 10.3. The highest BCUT2D eigenvalue weighted by molar-refractivity contribution is 7.80. The Balaban J connectivity index is 2.10. The molecule has 1 aromatic carbocycles. The normalized spacial score (nSPS) is 12.3. The van der Waals surface area contributed by atoms with Gasteiger partial charge in [0.1, 0.15) is 11.6 Å². The molecule has 0 saturated heterocycles. The van der Waals surface area contributed by atoms with Crippen LogP contribution in [0.1, 0.15) is 55.6 Å². The van der Waals surface area contributed by atoms with Gasteiger partial charge in [-0.15, -0.1) is 0 Å². The number of aliphatic imine (C=N–C) groups is 1. The lowest BCUT2D eigenvalue weighted by Crippen LogP contribution is -2.21. The molecule has 30 heavy (non-hydrogen) atoms. The number of hydrogen-bond acceptors (Lipinski definition) is 4. The van der Waals surface area contributed by atoms with Crippen LogP contribution in [0.5, 0.6) is 5.75 Å². The summed E-state index contributed by atoms with van der Waals surface area (Å²) in [5.41, 5.74) is 11.3. The molecular weight excluding hydrogens is 392 g/mol. The maximum atomic E-state index is 6.12. The van der Waals surface area contributed by atoms with Gasteiger partial charge in [0.2, 0.25) is 0 Å². The third kappa shape index (κ3) is 6.61. The Morgan fingerprint density at radius 1 is 1.20 bits per heavy atom. The zero-order valence-electron chi connectivity index (χ0n) is 19.2. The van der Waals surface area contributed by atoms with Crippen LogP contribution in [0.4, 0.5) is 0 Å². The number of ether oxygens (including phenoxy) is 1. The fourth-order valence-corrected chi connectivity index (χ4v) is 3.16. The molecule has 0 radical (unpaired) electrons. The first kappa shape index (κ1) is 24.0. The summed E-state index contributed by atoms with van der Waals surface area (Å²) in [5.74, 6) is 1.00. The zero-order chi connectivity index (χ0) is 22.5. The molecule has 0 fully saturated rings. The van der Waals surface area contributed by atoms with Crippen molar-refractivity contribution in [2.24, 2.45) is 10.7 Å². The Morgan fingerprint density at radius 2 is 1.90 bits per heavy atom. The number of aromatic nitrogens is 1. The third-order valence-electron chi connectivity index (χ3n) is 5.17. The number of amidine groups is 1. The highest BCUT2D eigenvalue weighted by Gasteiger charge is 2.15. The summed E-state index contributed by atoms with van der Waals surface area (Å²) in [6.07, 6.45) is 2.73. The van der Waals surface area contributed by atoms with E-state index in [2.05, 4.69) is 62.6 Å². The summed E-state index contributed by atoms with van der Waals surface area (Å²) in [6, 6.07) is 8.06. The van der Waals surface area contributed by atoms with Crippen molar-refractivity contribution >= 4 is 23.2 Å². The smallest absolute Gasteiger partial charge is 0.290 e. The first-order chi connectivity index (χ1) is 14.0. The summed E-state index contributed by atoms with van der Waals surface area (Å²) in [4.78, 5) is 11.0. The minimum absolute atomic E-state index is 0.0175. The van der Waals surface area contributed by atoms with E-state index in [1.807, 2.05) is 25.1 Å². The molecule has 0 aliphatic rings. The Hall–Kier alpha value is -2.31. The van der Waals surface area contributed by atoms with E-state index in [1.54, 1.807) is 6.20 Å². The molecule has 0 saturated carbocycles. The van der Waals surface area contributed by atoms with Crippen LogP contribution < -0.4 is 10.5 Å². The lowest BCUT2D eigenvalue weighted by Gasteiger charge is -2.17. The Morgan fingerprint density at radius 3 is 2.47 bits per heavy atom. The largest absolute Gasteiger partial charge is 0.430 e. The van der Waals surface area contributed by atoms with Gasteiger partial charge in [0, 0.05) is 29.4 Å². The van der Waals surface area contributed by atoms with Crippen molar-refractivity contribution in [2.75, 3.05) is 20.1 Å². The molecule has 0 unspecified atom stereocenters. The second-order valence-electron chi connectivity index (χ2n) is 8.74. The van der Waals surface area contributed by atoms with Crippen molar-refractivity contribution in [1.82, 2.24) is 9.88 Å². The molecule has 0 atom stereocenters. The number of thiocarbonyl (C=S) groups is 1. The molecule has 0 bridgehead atoms. The number of rotatable bonds is 6. The van der Waals surface area contributed by atoms with Crippen LogP contribution in [0.2, 0.25) is 0 Å². The third-order valence-corrected chi connectivity index (χ3v) is 5.35. The van der Waals surface area contributed by atoms with Gasteiger partial charge in [-0.25, -0.2) is 0 Å². The van der Waals surface area contributed by atoms with Crippen LogP contribution in [0.15, 0.2) is 35.5 Å². The van der Waals surface area contributed by atoms with Crippen molar-refractivity contribution in [2.45, 2.75) is 53.4 Å². The molecule has 162 valence electrons. The number of nitrogens with two attached hydrogens (primary N) is 1. The van der Waals surface area contributed by atoms with Gasteiger partial charge in [-0.05, 0) is 81.0 Å². The minimum atomic E-state index is -0.0175. The molecule has 1 aromatic heterocycles. The van der Waals surface area contributed by atoms with Crippen molar-refractivity contribution in [3.63, 3.8) is 0 Å². The van der Waals surface area contributed by atoms with Crippen molar-refractivity contribution in [3.05, 3.63) is 58.4 Å². The van der Waals surface area contributed by atoms with Gasteiger partial charge in [-0.2, -0.15) is 4.99 Å². The number of nitrogens with zero attached hydrogens (tertiary/aromatic N) is 3. The van der Waals surface area contributed by atoms with E-state index in [1.165, 1.54) is 11.1 Å². The SMILES string of the molecule is CCN(C)CCc1cc(C)c(OC(=S)N=C(N)c2ccc(C(C)(C)C)nc2)cc1C. The van der Waals surface area contributed by atoms with Crippen molar-refractivity contribution in [1.29, 1.82) is 0 Å². The van der Waals surface area contributed by atoms with Gasteiger partial charge in [0.05, 0.1) is 0 Å². The van der Waals surface area contributed by atoms with E-state index >= 15 is 0 Å². The lowest BCUT2D eigenvalue weighted by atomic mass is 9.91. The fourth-order valence-electron chi connectivity index (χ4n) is 2.97. The minimum Gasteiger partial charge on any atom is -0.430 e.